The van der Waals surface area contributed by atoms with E-state index >= 15 is 0 Å². The quantitative estimate of drug-likeness (QED) is 0.346. The van der Waals surface area contributed by atoms with Crippen molar-refractivity contribution in [2.24, 2.45) is 0 Å². The normalized spacial score (nSPS) is 13.7. The summed E-state index contributed by atoms with van der Waals surface area (Å²) >= 11 is 0. The molecule has 0 bridgehead atoms. The minimum Gasteiger partial charge on any atom is -0.410 e. The highest BCUT2D eigenvalue weighted by Gasteiger charge is 2.25. The molecular formula is C30H32N6O2. The zero-order valence-corrected chi connectivity index (χ0v) is 22.0. The molecule has 38 heavy (non-hydrogen) atoms. The maximum atomic E-state index is 13.5. The monoisotopic (exact) mass is 508 g/mol. The lowest BCUT2D eigenvalue weighted by molar-refractivity contribution is 0.210. The van der Waals surface area contributed by atoms with Crippen molar-refractivity contribution in [3.63, 3.8) is 0 Å². The van der Waals surface area contributed by atoms with Gasteiger partial charge in [-0.05, 0) is 68.4 Å². The van der Waals surface area contributed by atoms with Gasteiger partial charge < -0.3 is 19.9 Å². The predicted octanol–water partition coefficient (Wildman–Crippen LogP) is 5.93. The summed E-state index contributed by atoms with van der Waals surface area (Å²) in [7, 11) is 2.15. The molecular weight excluding hydrogens is 476 g/mol. The molecule has 0 saturated carbocycles. The Morgan fingerprint density at radius 3 is 2.24 bits per heavy atom. The standard InChI is InChI=1S/C30H32N6O2/c1-22-8-7-9-23(2)28(22)36(30(37)38-26-10-5-4-6-11-26)27-16-17-31-29(33-27)32-24-12-14-25(15-13-24)35-20-18-34(3)19-21-35/h4-17H,18-21H2,1-3H3,(H,31,32,33). The van der Waals surface area contributed by atoms with Crippen LogP contribution in [0.4, 0.5) is 33.6 Å². The van der Waals surface area contributed by atoms with Gasteiger partial charge >= 0.3 is 6.09 Å². The summed E-state index contributed by atoms with van der Waals surface area (Å²) in [5.74, 6) is 1.26. The predicted molar refractivity (Wildman–Crippen MR) is 152 cm³/mol. The summed E-state index contributed by atoms with van der Waals surface area (Å²) in [6.07, 6.45) is 1.09. The summed E-state index contributed by atoms with van der Waals surface area (Å²) in [5.41, 5.74) is 4.66. The highest BCUT2D eigenvalue weighted by atomic mass is 16.6. The van der Waals surface area contributed by atoms with Crippen LogP contribution in [0.3, 0.4) is 0 Å². The number of nitrogens with zero attached hydrogens (tertiary/aromatic N) is 5. The first-order valence-corrected chi connectivity index (χ1v) is 12.7. The molecule has 2 heterocycles. The third-order valence-electron chi connectivity index (χ3n) is 6.66. The molecule has 1 N–H and O–H groups in total. The molecule has 1 aliphatic heterocycles. The molecule has 1 aliphatic rings. The summed E-state index contributed by atoms with van der Waals surface area (Å²) < 4.78 is 5.73. The summed E-state index contributed by atoms with van der Waals surface area (Å²) in [5, 5.41) is 3.28. The fourth-order valence-corrected chi connectivity index (χ4v) is 4.58. The minimum atomic E-state index is -0.547. The molecule has 4 aromatic rings. The van der Waals surface area contributed by atoms with E-state index in [1.54, 1.807) is 24.4 Å². The third-order valence-corrected chi connectivity index (χ3v) is 6.66. The van der Waals surface area contributed by atoms with Crippen LogP contribution in [-0.2, 0) is 0 Å². The number of rotatable bonds is 6. The molecule has 0 radical (unpaired) electrons. The molecule has 0 unspecified atom stereocenters. The van der Waals surface area contributed by atoms with E-state index in [1.807, 2.05) is 62.4 Å². The second-order valence-electron chi connectivity index (χ2n) is 9.46. The van der Waals surface area contributed by atoms with Crippen molar-refractivity contribution in [2.75, 3.05) is 48.3 Å². The molecule has 0 spiro atoms. The number of aryl methyl sites for hydroxylation is 2. The fraction of sp³-hybridized carbons (Fsp3) is 0.233. The lowest BCUT2D eigenvalue weighted by atomic mass is 10.1. The molecule has 194 valence electrons. The summed E-state index contributed by atoms with van der Waals surface area (Å²) in [6.45, 7) is 8.08. The molecule has 0 atom stereocenters. The Hall–Kier alpha value is -4.43. The van der Waals surface area contributed by atoms with Crippen LogP contribution in [-0.4, -0.2) is 54.2 Å². The number of nitrogens with one attached hydrogen (secondary N) is 1. The van der Waals surface area contributed by atoms with Crippen molar-refractivity contribution in [3.05, 3.63) is 96.2 Å². The van der Waals surface area contributed by atoms with Crippen molar-refractivity contribution in [2.45, 2.75) is 13.8 Å². The van der Waals surface area contributed by atoms with Crippen LogP contribution in [0.5, 0.6) is 5.75 Å². The first-order valence-electron chi connectivity index (χ1n) is 12.7. The topological polar surface area (TPSA) is 73.8 Å². The Morgan fingerprint density at radius 1 is 0.868 bits per heavy atom. The lowest BCUT2D eigenvalue weighted by Crippen LogP contribution is -2.44. The molecule has 8 heteroatoms. The SMILES string of the molecule is Cc1cccc(C)c1N(C(=O)Oc1ccccc1)c1ccnc(Nc2ccc(N3CCN(C)CC3)cc2)n1. The molecule has 1 fully saturated rings. The molecule has 1 aromatic heterocycles. The van der Waals surface area contributed by atoms with Crippen LogP contribution in [0.1, 0.15) is 11.1 Å². The van der Waals surface area contributed by atoms with Gasteiger partial charge in [0.2, 0.25) is 5.95 Å². The van der Waals surface area contributed by atoms with E-state index in [4.69, 9.17) is 9.72 Å². The average molecular weight is 509 g/mol. The number of hydrogen-bond acceptors (Lipinski definition) is 7. The van der Waals surface area contributed by atoms with Gasteiger partial charge in [0.25, 0.3) is 0 Å². The van der Waals surface area contributed by atoms with Crippen LogP contribution < -0.4 is 19.9 Å². The Balaban J connectivity index is 1.40. The van der Waals surface area contributed by atoms with Gasteiger partial charge in [0.1, 0.15) is 11.6 Å². The second-order valence-corrected chi connectivity index (χ2v) is 9.46. The lowest BCUT2D eigenvalue weighted by Gasteiger charge is -2.34. The van der Waals surface area contributed by atoms with Gasteiger partial charge in [-0.15, -0.1) is 0 Å². The number of carbonyl (C=O) groups is 1. The maximum Gasteiger partial charge on any atom is 0.425 e. The number of hydrogen-bond donors (Lipinski definition) is 1. The number of para-hydroxylation sites is 2. The van der Waals surface area contributed by atoms with Crippen LogP contribution in [0, 0.1) is 13.8 Å². The number of aromatic nitrogens is 2. The van der Waals surface area contributed by atoms with Gasteiger partial charge in [-0.2, -0.15) is 4.98 Å². The number of piperazine rings is 1. The molecule has 1 saturated heterocycles. The zero-order valence-electron chi connectivity index (χ0n) is 22.0. The van der Waals surface area contributed by atoms with Crippen molar-refractivity contribution in [1.82, 2.24) is 14.9 Å². The molecule has 8 nitrogen and oxygen atoms in total. The largest absolute Gasteiger partial charge is 0.425 e. The fourth-order valence-electron chi connectivity index (χ4n) is 4.58. The van der Waals surface area contributed by atoms with Crippen molar-refractivity contribution < 1.29 is 9.53 Å². The second kappa shape index (κ2) is 11.3. The molecule has 1 amide bonds. The van der Waals surface area contributed by atoms with Crippen LogP contribution >= 0.6 is 0 Å². The van der Waals surface area contributed by atoms with E-state index in [9.17, 15) is 4.79 Å². The average Bonchev–Trinajstić information content (AvgIpc) is 2.92. The van der Waals surface area contributed by atoms with E-state index in [2.05, 4.69) is 39.3 Å². The highest BCUT2D eigenvalue weighted by molar-refractivity contribution is 5.98. The van der Waals surface area contributed by atoms with E-state index in [0.717, 1.165) is 48.7 Å². The number of benzene rings is 3. The Bertz CT molecular complexity index is 1370. The van der Waals surface area contributed by atoms with Crippen LogP contribution in [0.15, 0.2) is 85.1 Å². The van der Waals surface area contributed by atoms with E-state index in [0.29, 0.717) is 17.5 Å². The van der Waals surface area contributed by atoms with Gasteiger partial charge in [0.05, 0.1) is 5.69 Å². The van der Waals surface area contributed by atoms with Gasteiger partial charge in [-0.1, -0.05) is 36.4 Å². The zero-order chi connectivity index (χ0) is 26.5. The first-order chi connectivity index (χ1) is 18.5. The minimum absolute atomic E-state index is 0.388. The number of anilines is 5. The molecule has 3 aromatic carbocycles. The van der Waals surface area contributed by atoms with Crippen molar-refractivity contribution >= 4 is 34.9 Å². The number of amides is 1. The van der Waals surface area contributed by atoms with Gasteiger partial charge in [0.15, 0.2) is 0 Å². The van der Waals surface area contributed by atoms with Crippen LogP contribution in [0.25, 0.3) is 0 Å². The van der Waals surface area contributed by atoms with Gasteiger partial charge in [0, 0.05) is 49.8 Å². The van der Waals surface area contributed by atoms with E-state index in [-0.39, 0.29) is 0 Å². The van der Waals surface area contributed by atoms with E-state index < -0.39 is 6.09 Å². The smallest absolute Gasteiger partial charge is 0.410 e. The Kier molecular flexibility index (Phi) is 7.51. The van der Waals surface area contributed by atoms with E-state index in [1.165, 1.54) is 10.6 Å². The molecule has 0 aliphatic carbocycles. The first kappa shape index (κ1) is 25.2. The van der Waals surface area contributed by atoms with Crippen molar-refractivity contribution in [1.29, 1.82) is 0 Å². The Morgan fingerprint density at radius 2 is 1.55 bits per heavy atom. The molecule has 5 rings (SSSR count). The third kappa shape index (κ3) is 5.76. The number of carbonyl (C=O) groups excluding carboxylic acids is 1. The Labute approximate surface area is 223 Å². The van der Waals surface area contributed by atoms with Crippen LogP contribution in [0.2, 0.25) is 0 Å². The summed E-state index contributed by atoms with van der Waals surface area (Å²) in [4.78, 5) is 28.8. The number of ether oxygens (including phenoxy) is 1. The maximum absolute atomic E-state index is 13.5. The summed E-state index contributed by atoms with van der Waals surface area (Å²) in [6, 6.07) is 24.9. The number of likely N-dealkylation sites (N-methyl/N-ethyl adjacent to an activating group) is 1. The van der Waals surface area contributed by atoms with Crippen molar-refractivity contribution in [3.8, 4) is 5.75 Å². The highest BCUT2D eigenvalue weighted by Crippen LogP contribution is 2.32. The van der Waals surface area contributed by atoms with Gasteiger partial charge in [-0.25, -0.2) is 14.7 Å². The van der Waals surface area contributed by atoms with Gasteiger partial charge in [-0.3, -0.25) is 0 Å².